The maximum atomic E-state index is 12.3. The Labute approximate surface area is 126 Å². The highest BCUT2D eigenvalue weighted by Gasteiger charge is 2.15. The fourth-order valence-corrected chi connectivity index (χ4v) is 2.50. The summed E-state index contributed by atoms with van der Waals surface area (Å²) in [6, 6.07) is 0. The Morgan fingerprint density at radius 1 is 1.40 bits per heavy atom. The van der Waals surface area contributed by atoms with Crippen LogP contribution in [-0.4, -0.2) is 25.3 Å². The highest BCUT2D eigenvalue weighted by molar-refractivity contribution is 9.10. The topological polar surface area (TPSA) is 52.7 Å². The fraction of sp³-hybridized carbons (Fsp3) is 0.357. The lowest BCUT2D eigenvalue weighted by Crippen LogP contribution is -1.99. The second-order valence-electron chi connectivity index (χ2n) is 4.58. The highest BCUT2D eigenvalue weighted by Crippen LogP contribution is 2.18. The van der Waals surface area contributed by atoms with E-state index in [1.807, 2.05) is 38.7 Å². The molecule has 2 aromatic heterocycles. The van der Waals surface area contributed by atoms with Crippen LogP contribution >= 0.6 is 15.9 Å². The van der Waals surface area contributed by atoms with E-state index in [1.54, 1.807) is 16.8 Å². The van der Waals surface area contributed by atoms with Gasteiger partial charge in [-0.3, -0.25) is 14.2 Å². The van der Waals surface area contributed by atoms with Crippen molar-refractivity contribution >= 4 is 27.8 Å². The molecular formula is C14H17BrN4O. The summed E-state index contributed by atoms with van der Waals surface area (Å²) in [6.45, 7) is 6.54. The first kappa shape index (κ1) is 14.7. The van der Waals surface area contributed by atoms with Gasteiger partial charge in [-0.2, -0.15) is 10.2 Å². The molecule has 0 saturated heterocycles. The molecule has 0 aliphatic rings. The van der Waals surface area contributed by atoms with Crippen LogP contribution in [0.25, 0.3) is 6.08 Å². The molecule has 0 bridgehead atoms. The monoisotopic (exact) mass is 336 g/mol. The zero-order valence-electron chi connectivity index (χ0n) is 12.0. The molecule has 0 N–H and O–H groups in total. The third kappa shape index (κ3) is 2.75. The highest BCUT2D eigenvalue weighted by atomic mass is 79.9. The third-order valence-electron chi connectivity index (χ3n) is 3.22. The van der Waals surface area contributed by atoms with Crippen molar-refractivity contribution in [1.82, 2.24) is 19.6 Å². The molecule has 0 unspecified atom stereocenters. The largest absolute Gasteiger partial charge is 0.289 e. The third-order valence-corrected chi connectivity index (χ3v) is 3.83. The Morgan fingerprint density at radius 2 is 2.10 bits per heavy atom. The number of carbonyl (C=O) groups is 1. The van der Waals surface area contributed by atoms with Crippen LogP contribution in [-0.2, 0) is 13.6 Å². The quantitative estimate of drug-likeness (QED) is 0.637. The normalized spacial score (nSPS) is 11.4. The van der Waals surface area contributed by atoms with Gasteiger partial charge in [0.05, 0.1) is 21.4 Å². The number of carbonyl (C=O) groups excluding carboxylic acids is 1. The molecule has 0 radical (unpaired) electrons. The molecule has 5 nitrogen and oxygen atoms in total. The maximum absolute atomic E-state index is 12.3. The minimum atomic E-state index is -0.0500. The van der Waals surface area contributed by atoms with Crippen molar-refractivity contribution in [3.63, 3.8) is 0 Å². The molecule has 0 saturated carbocycles. The molecule has 0 fully saturated rings. The van der Waals surface area contributed by atoms with Gasteiger partial charge >= 0.3 is 0 Å². The number of ketones is 1. The van der Waals surface area contributed by atoms with E-state index >= 15 is 0 Å². The van der Waals surface area contributed by atoms with E-state index < -0.39 is 0 Å². The van der Waals surface area contributed by atoms with Crippen molar-refractivity contribution in [3.05, 3.63) is 39.4 Å². The smallest absolute Gasteiger partial charge is 0.189 e. The predicted molar refractivity (Wildman–Crippen MR) is 81.6 cm³/mol. The Hall–Kier alpha value is -1.69. The van der Waals surface area contributed by atoms with Gasteiger partial charge < -0.3 is 0 Å². The number of aryl methyl sites for hydroxylation is 3. The van der Waals surface area contributed by atoms with E-state index in [1.165, 1.54) is 0 Å². The molecule has 2 aromatic rings. The van der Waals surface area contributed by atoms with Crippen LogP contribution in [0.5, 0.6) is 0 Å². The van der Waals surface area contributed by atoms with Crippen LogP contribution in [0.3, 0.4) is 0 Å². The first-order chi connectivity index (χ1) is 9.43. The van der Waals surface area contributed by atoms with Crippen molar-refractivity contribution in [2.45, 2.75) is 27.3 Å². The molecule has 6 heteroatoms. The van der Waals surface area contributed by atoms with Gasteiger partial charge in [-0.1, -0.05) is 0 Å². The van der Waals surface area contributed by atoms with E-state index in [0.717, 1.165) is 28.1 Å². The molecule has 0 aliphatic carbocycles. The van der Waals surface area contributed by atoms with Crippen molar-refractivity contribution in [2.24, 2.45) is 7.05 Å². The van der Waals surface area contributed by atoms with Crippen LogP contribution in [0.4, 0.5) is 0 Å². The van der Waals surface area contributed by atoms with Gasteiger partial charge in [0.15, 0.2) is 5.78 Å². The summed E-state index contributed by atoms with van der Waals surface area (Å²) in [5.41, 5.74) is 3.03. The van der Waals surface area contributed by atoms with E-state index in [4.69, 9.17) is 0 Å². The molecule has 0 aromatic carbocycles. The van der Waals surface area contributed by atoms with Crippen LogP contribution in [0, 0.1) is 13.8 Å². The van der Waals surface area contributed by atoms with Crippen molar-refractivity contribution < 1.29 is 4.79 Å². The average molecular weight is 337 g/mol. The number of nitrogens with zero attached hydrogens (tertiary/aromatic N) is 4. The Balaban J connectivity index is 2.27. The second kappa shape index (κ2) is 5.75. The van der Waals surface area contributed by atoms with Gasteiger partial charge in [0, 0.05) is 25.5 Å². The molecule has 0 amide bonds. The Bertz CT molecular complexity index is 682. The lowest BCUT2D eigenvalue weighted by molar-refractivity contribution is 0.104. The van der Waals surface area contributed by atoms with E-state index in [2.05, 4.69) is 26.1 Å². The fourth-order valence-electron chi connectivity index (χ4n) is 2.06. The first-order valence-corrected chi connectivity index (χ1v) is 7.19. The summed E-state index contributed by atoms with van der Waals surface area (Å²) in [4.78, 5) is 12.3. The number of hydrogen-bond donors (Lipinski definition) is 0. The lowest BCUT2D eigenvalue weighted by Gasteiger charge is -1.96. The van der Waals surface area contributed by atoms with E-state index in [0.29, 0.717) is 5.56 Å². The molecule has 2 heterocycles. The van der Waals surface area contributed by atoms with Gasteiger partial charge in [-0.25, -0.2) is 0 Å². The van der Waals surface area contributed by atoms with E-state index in [9.17, 15) is 4.79 Å². The number of rotatable bonds is 4. The number of hydrogen-bond acceptors (Lipinski definition) is 3. The molecular weight excluding hydrogens is 320 g/mol. The van der Waals surface area contributed by atoms with Crippen molar-refractivity contribution in [2.75, 3.05) is 0 Å². The molecule has 20 heavy (non-hydrogen) atoms. The van der Waals surface area contributed by atoms with Crippen LogP contribution in [0.2, 0.25) is 0 Å². The summed E-state index contributed by atoms with van der Waals surface area (Å²) in [7, 11) is 1.84. The summed E-state index contributed by atoms with van der Waals surface area (Å²) in [6.07, 6.45) is 5.17. The van der Waals surface area contributed by atoms with Gasteiger partial charge in [-0.15, -0.1) is 0 Å². The molecule has 106 valence electrons. The average Bonchev–Trinajstić information content (AvgIpc) is 2.88. The molecule has 2 rings (SSSR count). The zero-order chi connectivity index (χ0) is 14.9. The zero-order valence-corrected chi connectivity index (χ0v) is 13.6. The summed E-state index contributed by atoms with van der Waals surface area (Å²) >= 11 is 3.44. The Kier molecular flexibility index (Phi) is 4.23. The summed E-state index contributed by atoms with van der Waals surface area (Å²) in [5.74, 6) is -0.0500. The van der Waals surface area contributed by atoms with E-state index in [-0.39, 0.29) is 5.78 Å². The summed E-state index contributed by atoms with van der Waals surface area (Å²) in [5, 5.41) is 8.61. The van der Waals surface area contributed by atoms with Crippen molar-refractivity contribution in [1.29, 1.82) is 0 Å². The molecule has 0 aliphatic heterocycles. The van der Waals surface area contributed by atoms with Gasteiger partial charge in [0.2, 0.25) is 0 Å². The summed E-state index contributed by atoms with van der Waals surface area (Å²) < 4.78 is 4.41. The molecule has 0 spiro atoms. The van der Waals surface area contributed by atoms with Crippen LogP contribution in [0.15, 0.2) is 16.7 Å². The number of aromatic nitrogens is 4. The van der Waals surface area contributed by atoms with Gasteiger partial charge in [-0.05, 0) is 48.9 Å². The van der Waals surface area contributed by atoms with Crippen LogP contribution < -0.4 is 0 Å². The minimum absolute atomic E-state index is 0.0500. The predicted octanol–water partition coefficient (Wildman–Crippen LogP) is 2.91. The molecule has 0 atom stereocenters. The van der Waals surface area contributed by atoms with Crippen molar-refractivity contribution in [3.8, 4) is 0 Å². The maximum Gasteiger partial charge on any atom is 0.189 e. The van der Waals surface area contributed by atoms with Crippen LogP contribution in [0.1, 0.15) is 34.4 Å². The Morgan fingerprint density at radius 3 is 2.60 bits per heavy atom. The number of halogens is 1. The lowest BCUT2D eigenvalue weighted by atomic mass is 10.1. The standard InChI is InChI=1S/C14H17BrN4O/c1-5-19-8-11(15)12(17-19)6-7-13(20)14-9(2)16-18(4)10(14)3/h6-8H,5H2,1-4H3/b7-6+. The number of allylic oxidation sites excluding steroid dienone is 1. The van der Waals surface area contributed by atoms with Gasteiger partial charge in [0.1, 0.15) is 0 Å². The first-order valence-electron chi connectivity index (χ1n) is 6.39. The van der Waals surface area contributed by atoms with Gasteiger partial charge in [0.25, 0.3) is 0 Å². The second-order valence-corrected chi connectivity index (χ2v) is 5.44. The SMILES string of the molecule is CCn1cc(Br)c(/C=C/C(=O)c2c(C)nn(C)c2C)n1. The minimum Gasteiger partial charge on any atom is -0.289 e.